The summed E-state index contributed by atoms with van der Waals surface area (Å²) in [5, 5.41) is 18.2. The largest absolute Gasteiger partial charge is 0.423 e. The van der Waals surface area contributed by atoms with Crippen molar-refractivity contribution in [2.24, 2.45) is 0 Å². The molecule has 0 aliphatic heterocycles. The van der Waals surface area contributed by atoms with Crippen molar-refractivity contribution in [1.82, 2.24) is 0 Å². The van der Waals surface area contributed by atoms with Crippen LogP contribution in [0.3, 0.4) is 0 Å². The van der Waals surface area contributed by atoms with Gasteiger partial charge in [0.1, 0.15) is 11.5 Å². The fourth-order valence-corrected chi connectivity index (χ4v) is 4.11. The molecular formula is C33H36O6. The van der Waals surface area contributed by atoms with E-state index in [9.17, 15) is 9.59 Å². The second-order valence-electron chi connectivity index (χ2n) is 9.39. The van der Waals surface area contributed by atoms with E-state index < -0.39 is 25.2 Å². The van der Waals surface area contributed by atoms with Crippen molar-refractivity contribution >= 4 is 11.9 Å². The summed E-state index contributed by atoms with van der Waals surface area (Å²) in [6.45, 7) is 8.31. The first-order valence-corrected chi connectivity index (χ1v) is 13.2. The van der Waals surface area contributed by atoms with Crippen LogP contribution < -0.4 is 9.47 Å². The molecule has 3 rings (SSSR count). The number of aliphatic hydroxyl groups excluding tert-OH is 2. The number of unbranched alkanes of at least 4 members (excludes halogenated alkanes) is 4. The van der Waals surface area contributed by atoms with Crippen LogP contribution in [-0.2, 0) is 16.0 Å². The molecule has 0 amide bonds. The van der Waals surface area contributed by atoms with Gasteiger partial charge in [-0.1, -0.05) is 88.2 Å². The van der Waals surface area contributed by atoms with Crippen LogP contribution in [0.1, 0.15) is 44.6 Å². The Morgan fingerprint density at radius 1 is 0.692 bits per heavy atom. The van der Waals surface area contributed by atoms with Crippen LogP contribution in [0.4, 0.5) is 0 Å². The Bertz CT molecular complexity index is 1310. The summed E-state index contributed by atoms with van der Waals surface area (Å²) in [5.41, 5.74) is 5.17. The number of rotatable bonds is 14. The van der Waals surface area contributed by atoms with E-state index in [0.29, 0.717) is 11.5 Å². The minimum absolute atomic E-state index is 0.00260. The van der Waals surface area contributed by atoms with Crippen molar-refractivity contribution in [2.75, 3.05) is 13.2 Å². The van der Waals surface area contributed by atoms with E-state index in [1.54, 1.807) is 24.3 Å². The zero-order valence-corrected chi connectivity index (χ0v) is 22.4. The monoisotopic (exact) mass is 528 g/mol. The van der Waals surface area contributed by atoms with Gasteiger partial charge >= 0.3 is 11.9 Å². The molecule has 0 spiro atoms. The van der Waals surface area contributed by atoms with Crippen LogP contribution in [0, 0.1) is 0 Å². The smallest absolute Gasteiger partial charge is 0.341 e. The molecule has 204 valence electrons. The number of ether oxygens (including phenoxy) is 2. The molecule has 0 aliphatic carbocycles. The molecule has 0 fully saturated rings. The Kier molecular flexibility index (Phi) is 11.2. The maximum Gasteiger partial charge on any atom is 0.341 e. The van der Waals surface area contributed by atoms with Gasteiger partial charge in [0.15, 0.2) is 0 Å². The number of esters is 2. The van der Waals surface area contributed by atoms with Crippen molar-refractivity contribution < 1.29 is 29.3 Å². The molecule has 0 aliphatic rings. The Morgan fingerprint density at radius 2 is 1.28 bits per heavy atom. The van der Waals surface area contributed by atoms with Crippen molar-refractivity contribution in [1.29, 1.82) is 0 Å². The highest BCUT2D eigenvalue weighted by Crippen LogP contribution is 2.32. The van der Waals surface area contributed by atoms with Gasteiger partial charge in [0.2, 0.25) is 0 Å². The van der Waals surface area contributed by atoms with E-state index in [4.69, 9.17) is 19.7 Å². The van der Waals surface area contributed by atoms with Gasteiger partial charge in [0.25, 0.3) is 0 Å². The van der Waals surface area contributed by atoms with Crippen molar-refractivity contribution in [3.63, 3.8) is 0 Å². The number of carbonyl (C=O) groups excluding carboxylic acids is 2. The Hall–Kier alpha value is -4.00. The standard InChI is InChI=1S/C33H36O6/c1-4-5-6-7-8-10-28-19-27(26-11-9-12-30(20-26)39-33(37)24(3)22-35)15-18-31(28)25-13-16-29(17-14-25)38-32(36)23(2)21-34/h9,11-20,34-35H,2-8,10,21-22H2,1H3. The summed E-state index contributed by atoms with van der Waals surface area (Å²) in [6.07, 6.45) is 6.75. The number of hydrogen-bond donors (Lipinski definition) is 2. The zero-order chi connectivity index (χ0) is 28.2. The highest BCUT2D eigenvalue weighted by molar-refractivity contribution is 5.90. The second kappa shape index (κ2) is 14.8. The van der Waals surface area contributed by atoms with Gasteiger partial charge in [-0.3, -0.25) is 0 Å². The number of carbonyl (C=O) groups is 2. The first-order chi connectivity index (χ1) is 18.9. The van der Waals surface area contributed by atoms with Crippen LogP contribution >= 0.6 is 0 Å². The summed E-state index contributed by atoms with van der Waals surface area (Å²) in [4.78, 5) is 24.0. The minimum Gasteiger partial charge on any atom is -0.423 e. The van der Waals surface area contributed by atoms with E-state index >= 15 is 0 Å². The van der Waals surface area contributed by atoms with Gasteiger partial charge in [-0.05, 0) is 64.9 Å². The molecule has 6 heteroatoms. The van der Waals surface area contributed by atoms with Crippen LogP contribution in [0.5, 0.6) is 11.5 Å². The molecule has 0 saturated heterocycles. The lowest BCUT2D eigenvalue weighted by molar-refractivity contribution is -0.131. The highest BCUT2D eigenvalue weighted by atomic mass is 16.5. The fraction of sp³-hybridized carbons (Fsp3) is 0.273. The summed E-state index contributed by atoms with van der Waals surface area (Å²) in [7, 11) is 0. The topological polar surface area (TPSA) is 93.1 Å². The third kappa shape index (κ3) is 8.50. The average Bonchev–Trinajstić information content (AvgIpc) is 2.96. The molecule has 2 N–H and O–H groups in total. The average molecular weight is 529 g/mol. The van der Waals surface area contributed by atoms with Gasteiger partial charge in [-0.25, -0.2) is 9.59 Å². The lowest BCUT2D eigenvalue weighted by Gasteiger charge is -2.14. The summed E-state index contributed by atoms with van der Waals surface area (Å²) in [6, 6.07) is 20.8. The quantitative estimate of drug-likeness (QED) is 0.108. The number of benzene rings is 3. The minimum atomic E-state index is -0.660. The molecule has 0 heterocycles. The summed E-state index contributed by atoms with van der Waals surface area (Å²) >= 11 is 0. The predicted octanol–water partition coefficient (Wildman–Crippen LogP) is 6.44. The molecule has 0 atom stereocenters. The Balaban J connectivity index is 1.88. The number of hydrogen-bond acceptors (Lipinski definition) is 6. The first kappa shape index (κ1) is 29.6. The SMILES string of the molecule is C=C(CO)C(=O)Oc1ccc(-c2ccc(-c3cccc(OC(=O)C(=C)CO)c3)cc2CCCCCCC)cc1. The number of aliphatic hydroxyl groups is 2. The van der Waals surface area contributed by atoms with Crippen molar-refractivity contribution in [3.05, 3.63) is 96.6 Å². The van der Waals surface area contributed by atoms with Gasteiger partial charge in [0, 0.05) is 0 Å². The molecule has 0 radical (unpaired) electrons. The maximum absolute atomic E-state index is 12.0. The van der Waals surface area contributed by atoms with Crippen molar-refractivity contribution in [2.45, 2.75) is 45.4 Å². The second-order valence-corrected chi connectivity index (χ2v) is 9.39. The third-order valence-electron chi connectivity index (χ3n) is 6.37. The van der Waals surface area contributed by atoms with Crippen LogP contribution in [0.15, 0.2) is 91.0 Å². The molecule has 39 heavy (non-hydrogen) atoms. The van der Waals surface area contributed by atoms with Gasteiger partial charge in [0.05, 0.1) is 24.4 Å². The zero-order valence-electron chi connectivity index (χ0n) is 22.4. The highest BCUT2D eigenvalue weighted by Gasteiger charge is 2.13. The van der Waals surface area contributed by atoms with Crippen molar-refractivity contribution in [3.8, 4) is 33.8 Å². The fourth-order valence-electron chi connectivity index (χ4n) is 4.11. The molecule has 0 bridgehead atoms. The molecular weight excluding hydrogens is 492 g/mol. The third-order valence-corrected chi connectivity index (χ3v) is 6.37. The molecule has 0 aromatic heterocycles. The lowest BCUT2D eigenvalue weighted by atomic mass is 9.92. The normalized spacial score (nSPS) is 10.6. The maximum atomic E-state index is 12.0. The van der Waals surface area contributed by atoms with E-state index in [-0.39, 0.29) is 11.1 Å². The molecule has 3 aromatic rings. The van der Waals surface area contributed by atoms with Crippen LogP contribution in [0.25, 0.3) is 22.3 Å². The predicted molar refractivity (Wildman–Crippen MR) is 153 cm³/mol. The summed E-state index contributed by atoms with van der Waals surface area (Å²) in [5.74, 6) is -0.554. The Morgan fingerprint density at radius 3 is 1.92 bits per heavy atom. The van der Waals surface area contributed by atoms with Crippen LogP contribution in [-0.4, -0.2) is 35.4 Å². The molecule has 3 aromatic carbocycles. The van der Waals surface area contributed by atoms with E-state index in [1.165, 1.54) is 24.8 Å². The Labute approximate surface area is 230 Å². The first-order valence-electron chi connectivity index (χ1n) is 13.2. The van der Waals surface area contributed by atoms with Gasteiger partial charge in [-0.15, -0.1) is 0 Å². The van der Waals surface area contributed by atoms with E-state index in [1.807, 2.05) is 30.3 Å². The molecule has 0 unspecified atom stereocenters. The molecule has 0 saturated carbocycles. The van der Waals surface area contributed by atoms with Gasteiger partial charge < -0.3 is 19.7 Å². The summed E-state index contributed by atoms with van der Waals surface area (Å²) < 4.78 is 10.6. The number of aryl methyl sites for hydroxylation is 1. The van der Waals surface area contributed by atoms with Gasteiger partial charge in [-0.2, -0.15) is 0 Å². The molecule has 6 nitrogen and oxygen atoms in total. The van der Waals surface area contributed by atoms with Crippen LogP contribution in [0.2, 0.25) is 0 Å². The van der Waals surface area contributed by atoms with E-state index in [0.717, 1.165) is 41.5 Å². The van der Waals surface area contributed by atoms with E-state index in [2.05, 4.69) is 32.2 Å². The lowest BCUT2D eigenvalue weighted by Crippen LogP contribution is -2.12.